The first-order valence-corrected chi connectivity index (χ1v) is 7.50. The van der Waals surface area contributed by atoms with Crippen LogP contribution in [0.2, 0.25) is 0 Å². The van der Waals surface area contributed by atoms with Crippen LogP contribution < -0.4 is 0 Å². The Kier molecular flexibility index (Phi) is 5.01. The van der Waals surface area contributed by atoms with Gasteiger partial charge in [-0.2, -0.15) is 0 Å². The molecule has 1 aromatic carbocycles. The van der Waals surface area contributed by atoms with Gasteiger partial charge in [0.15, 0.2) is 5.78 Å². The van der Waals surface area contributed by atoms with Crippen LogP contribution in [0.25, 0.3) is 0 Å². The van der Waals surface area contributed by atoms with Gasteiger partial charge in [-0.3, -0.25) is 4.79 Å². The number of carbonyl (C=O) groups excluding carboxylic acids is 2. The van der Waals surface area contributed by atoms with E-state index in [1.54, 1.807) is 24.3 Å². The van der Waals surface area contributed by atoms with E-state index in [4.69, 9.17) is 16.4 Å². The number of hydrogen-bond donors (Lipinski definition) is 0. The molecule has 5 heteroatoms. The van der Waals surface area contributed by atoms with Crippen LogP contribution in [0.15, 0.2) is 30.3 Å². The minimum absolute atomic E-state index is 0.0795. The predicted octanol–water partition coefficient (Wildman–Crippen LogP) is 3.20. The molecule has 4 nitrogen and oxygen atoms in total. The highest BCUT2D eigenvalue weighted by molar-refractivity contribution is 6.23. The molecule has 0 saturated carbocycles. The molecule has 0 amide bonds. The number of alkyl halides is 1. The molecule has 21 heavy (non-hydrogen) atoms. The summed E-state index contributed by atoms with van der Waals surface area (Å²) in [6.07, 6.45) is 1.66. The van der Waals surface area contributed by atoms with E-state index >= 15 is 0 Å². The number of hydroxylamine groups is 2. The summed E-state index contributed by atoms with van der Waals surface area (Å²) >= 11 is 6.23. The first kappa shape index (κ1) is 16.0. The van der Waals surface area contributed by atoms with Gasteiger partial charge in [-0.1, -0.05) is 18.2 Å². The molecule has 0 spiro atoms. The lowest BCUT2D eigenvalue weighted by Gasteiger charge is -2.35. The topological polar surface area (TPSA) is 46.6 Å². The zero-order chi connectivity index (χ0) is 15.5. The van der Waals surface area contributed by atoms with E-state index in [1.165, 1.54) is 5.06 Å². The average molecular weight is 310 g/mol. The van der Waals surface area contributed by atoms with Gasteiger partial charge in [-0.25, -0.2) is 4.79 Å². The Morgan fingerprint density at radius 1 is 1.38 bits per heavy atom. The van der Waals surface area contributed by atoms with Crippen LogP contribution in [0, 0.1) is 0 Å². The third kappa shape index (κ3) is 4.55. The SMILES string of the molecule is CC(C)(Cl)CC1C(=O)CCCN1OC(=O)c1ccccc1. The van der Waals surface area contributed by atoms with Crippen LogP contribution in [-0.2, 0) is 9.63 Å². The van der Waals surface area contributed by atoms with Crippen molar-refractivity contribution in [2.75, 3.05) is 6.54 Å². The first-order valence-electron chi connectivity index (χ1n) is 7.12. The van der Waals surface area contributed by atoms with E-state index in [-0.39, 0.29) is 5.78 Å². The van der Waals surface area contributed by atoms with Crippen molar-refractivity contribution in [1.29, 1.82) is 0 Å². The van der Waals surface area contributed by atoms with Gasteiger partial charge < -0.3 is 4.84 Å². The lowest BCUT2D eigenvalue weighted by molar-refractivity contribution is -0.167. The quantitative estimate of drug-likeness (QED) is 0.801. The normalized spacial score (nSPS) is 20.3. The second kappa shape index (κ2) is 6.58. The Hall–Kier alpha value is -1.39. The molecule has 2 rings (SSSR count). The molecular weight excluding hydrogens is 290 g/mol. The summed E-state index contributed by atoms with van der Waals surface area (Å²) in [5.41, 5.74) is 0.472. The largest absolute Gasteiger partial charge is 0.363 e. The molecule has 1 fully saturated rings. The summed E-state index contributed by atoms with van der Waals surface area (Å²) in [5.74, 6) is -0.362. The number of hydrogen-bond acceptors (Lipinski definition) is 4. The van der Waals surface area contributed by atoms with Crippen LogP contribution in [0.5, 0.6) is 0 Å². The molecule has 1 aromatic rings. The molecule has 0 radical (unpaired) electrons. The van der Waals surface area contributed by atoms with Gasteiger partial charge in [0.25, 0.3) is 0 Å². The molecule has 1 aliphatic rings. The predicted molar refractivity (Wildman–Crippen MR) is 81.1 cm³/mol. The summed E-state index contributed by atoms with van der Waals surface area (Å²) in [5, 5.41) is 1.49. The number of benzene rings is 1. The highest BCUT2D eigenvalue weighted by atomic mass is 35.5. The highest BCUT2D eigenvalue weighted by Crippen LogP contribution is 2.27. The van der Waals surface area contributed by atoms with Crippen LogP contribution in [0.3, 0.4) is 0 Å². The molecule has 1 saturated heterocycles. The summed E-state index contributed by atoms with van der Waals surface area (Å²) in [7, 11) is 0. The van der Waals surface area contributed by atoms with Gasteiger partial charge in [0.2, 0.25) is 0 Å². The minimum Gasteiger partial charge on any atom is -0.363 e. The zero-order valence-corrected chi connectivity index (χ0v) is 13.1. The van der Waals surface area contributed by atoms with Gasteiger partial charge in [0.1, 0.15) is 6.04 Å². The third-order valence-corrected chi connectivity index (χ3v) is 3.56. The standard InChI is InChI=1S/C16H20ClNO3/c1-16(2,17)11-13-14(19)9-6-10-18(13)21-15(20)12-7-4-3-5-8-12/h3-5,7-8,13H,6,9-11H2,1-2H3. The molecule has 0 bridgehead atoms. The molecule has 0 aliphatic carbocycles. The molecule has 1 heterocycles. The molecule has 1 unspecified atom stereocenters. The van der Waals surface area contributed by atoms with Gasteiger partial charge in [-0.05, 0) is 38.8 Å². The second-order valence-corrected chi connectivity index (χ2v) is 6.92. The molecular formula is C16H20ClNO3. The van der Waals surface area contributed by atoms with E-state index < -0.39 is 16.9 Å². The molecule has 0 aromatic heterocycles. The van der Waals surface area contributed by atoms with Crippen molar-refractivity contribution in [3.8, 4) is 0 Å². The monoisotopic (exact) mass is 309 g/mol. The maximum atomic E-state index is 12.1. The summed E-state index contributed by atoms with van der Waals surface area (Å²) in [6.45, 7) is 4.27. The Morgan fingerprint density at radius 2 is 2.05 bits per heavy atom. The van der Waals surface area contributed by atoms with Crippen molar-refractivity contribution in [2.24, 2.45) is 0 Å². The van der Waals surface area contributed by atoms with Crippen molar-refractivity contribution in [3.05, 3.63) is 35.9 Å². The van der Waals surface area contributed by atoms with Gasteiger partial charge >= 0.3 is 5.97 Å². The number of halogens is 1. The number of rotatable bonds is 4. The maximum Gasteiger partial charge on any atom is 0.357 e. The van der Waals surface area contributed by atoms with Crippen molar-refractivity contribution < 1.29 is 14.4 Å². The Morgan fingerprint density at radius 3 is 2.67 bits per heavy atom. The minimum atomic E-state index is -0.519. The first-order chi connectivity index (χ1) is 9.87. The van der Waals surface area contributed by atoms with E-state index in [0.717, 1.165) is 0 Å². The molecule has 0 N–H and O–H groups in total. The van der Waals surface area contributed by atoms with Crippen LogP contribution in [0.4, 0.5) is 0 Å². The summed E-state index contributed by atoms with van der Waals surface area (Å²) < 4.78 is 0. The summed E-state index contributed by atoms with van der Waals surface area (Å²) in [4.78, 5) is 29.1. The lowest BCUT2D eigenvalue weighted by Crippen LogP contribution is -2.48. The van der Waals surface area contributed by atoms with Crippen LogP contribution in [0.1, 0.15) is 43.5 Å². The Bertz CT molecular complexity index is 510. The molecule has 114 valence electrons. The average Bonchev–Trinajstić information content (AvgIpc) is 2.42. The van der Waals surface area contributed by atoms with Crippen molar-refractivity contribution in [3.63, 3.8) is 0 Å². The van der Waals surface area contributed by atoms with E-state index in [2.05, 4.69) is 0 Å². The number of carbonyl (C=O) groups is 2. The molecule has 1 aliphatic heterocycles. The zero-order valence-electron chi connectivity index (χ0n) is 12.3. The lowest BCUT2D eigenvalue weighted by atomic mass is 9.94. The fourth-order valence-electron chi connectivity index (χ4n) is 2.41. The van der Waals surface area contributed by atoms with Crippen LogP contribution in [-0.4, -0.2) is 34.3 Å². The van der Waals surface area contributed by atoms with E-state index in [9.17, 15) is 9.59 Å². The Balaban J connectivity index is 2.08. The number of ketones is 1. The van der Waals surface area contributed by atoms with Crippen molar-refractivity contribution >= 4 is 23.4 Å². The number of piperidine rings is 1. The number of nitrogens with zero attached hydrogens (tertiary/aromatic N) is 1. The Labute approximate surface area is 130 Å². The number of Topliss-reactive ketones (excluding diaryl/α,β-unsaturated/α-hetero) is 1. The van der Waals surface area contributed by atoms with Gasteiger partial charge in [-0.15, -0.1) is 16.7 Å². The van der Waals surface area contributed by atoms with Crippen molar-refractivity contribution in [1.82, 2.24) is 5.06 Å². The third-order valence-electron chi connectivity index (χ3n) is 3.41. The molecule has 1 atom stereocenters. The van der Waals surface area contributed by atoms with E-state index in [0.29, 0.717) is 31.4 Å². The second-order valence-electron chi connectivity index (χ2n) is 5.89. The van der Waals surface area contributed by atoms with Gasteiger partial charge in [0, 0.05) is 17.8 Å². The van der Waals surface area contributed by atoms with Gasteiger partial charge in [0.05, 0.1) is 5.56 Å². The van der Waals surface area contributed by atoms with Crippen LogP contribution >= 0.6 is 11.6 Å². The maximum absolute atomic E-state index is 12.1. The fourth-order valence-corrected chi connectivity index (χ4v) is 2.56. The summed E-state index contributed by atoms with van der Waals surface area (Å²) in [6, 6.07) is 8.30. The highest BCUT2D eigenvalue weighted by Gasteiger charge is 2.36. The van der Waals surface area contributed by atoms with Crippen molar-refractivity contribution in [2.45, 2.75) is 44.0 Å². The van der Waals surface area contributed by atoms with E-state index in [1.807, 2.05) is 19.9 Å². The smallest absolute Gasteiger partial charge is 0.357 e. The fraction of sp³-hybridized carbons (Fsp3) is 0.500.